The second kappa shape index (κ2) is 13.5. The minimum atomic E-state index is -0.0986. The van der Waals surface area contributed by atoms with E-state index in [9.17, 15) is 0 Å². The number of hydrogen-bond donors (Lipinski definition) is 0. The van der Waals surface area contributed by atoms with Crippen molar-refractivity contribution < 1.29 is 0 Å². The van der Waals surface area contributed by atoms with E-state index in [1.807, 2.05) is 0 Å². The molecule has 1 nitrogen and oxygen atoms in total. The van der Waals surface area contributed by atoms with E-state index in [1.54, 1.807) is 5.56 Å². The van der Waals surface area contributed by atoms with E-state index in [0.717, 1.165) is 29.1 Å². The molecule has 0 N–H and O–H groups in total. The highest BCUT2D eigenvalue weighted by molar-refractivity contribution is 6.25. The van der Waals surface area contributed by atoms with Gasteiger partial charge in [0.2, 0.25) is 0 Å². The monoisotopic (exact) mass is 797 g/mol. The van der Waals surface area contributed by atoms with Crippen molar-refractivity contribution in [2.24, 2.45) is 17.8 Å². The van der Waals surface area contributed by atoms with Gasteiger partial charge in [0.15, 0.2) is 0 Å². The Kier molecular flexibility index (Phi) is 7.91. The molecule has 0 aliphatic heterocycles. The third kappa shape index (κ3) is 5.53. The molecular weight excluding hydrogens is 747 g/mol. The van der Waals surface area contributed by atoms with Crippen LogP contribution in [0.5, 0.6) is 0 Å². The van der Waals surface area contributed by atoms with E-state index >= 15 is 0 Å². The Morgan fingerprint density at radius 2 is 0.790 bits per heavy atom. The maximum Gasteiger partial charge on any atom is 0.0468 e. The number of anilines is 3. The first-order valence-electron chi connectivity index (χ1n) is 23.1. The Labute approximate surface area is 365 Å². The van der Waals surface area contributed by atoms with Crippen molar-refractivity contribution in [3.8, 4) is 33.4 Å². The summed E-state index contributed by atoms with van der Waals surface area (Å²) in [4.78, 5) is 2.46. The van der Waals surface area contributed by atoms with Crippen LogP contribution >= 0.6 is 0 Å². The summed E-state index contributed by atoms with van der Waals surface area (Å²) < 4.78 is 0. The molecule has 14 rings (SSSR count). The SMILES string of the molecule is CC1(C)c2ccccc2-c2ccc(N(c3ccc(-c4ccc(-c5ccc(C67CC8CC(CC(C8)C6)C7)cc5)cc4)cc3)c3ccc4c5ccccc5c5ccccc5c4c3)cc21. The fraction of sp³-hybridized carbons (Fsp3) is 0.213. The number of hydrogen-bond acceptors (Lipinski definition) is 1. The number of benzene rings is 9. The highest BCUT2D eigenvalue weighted by Gasteiger charge is 2.51. The molecule has 0 aromatic heterocycles. The molecule has 0 amide bonds. The van der Waals surface area contributed by atoms with Crippen LogP contribution in [-0.2, 0) is 10.8 Å². The van der Waals surface area contributed by atoms with Crippen molar-refractivity contribution in [2.45, 2.75) is 63.2 Å². The molecule has 62 heavy (non-hydrogen) atoms. The largest absolute Gasteiger partial charge is 0.310 e. The van der Waals surface area contributed by atoms with Crippen LogP contribution in [0.15, 0.2) is 182 Å². The van der Waals surface area contributed by atoms with Gasteiger partial charge in [-0.2, -0.15) is 0 Å². The highest BCUT2D eigenvalue weighted by atomic mass is 15.1. The molecule has 5 aliphatic rings. The molecule has 4 bridgehead atoms. The smallest absolute Gasteiger partial charge is 0.0468 e. The van der Waals surface area contributed by atoms with E-state index in [-0.39, 0.29) is 5.41 Å². The average molecular weight is 798 g/mol. The Balaban J connectivity index is 0.864. The normalized spacial score (nSPS) is 21.7. The van der Waals surface area contributed by atoms with Gasteiger partial charge in [-0.1, -0.05) is 159 Å². The van der Waals surface area contributed by atoms with Crippen LogP contribution in [0.25, 0.3) is 65.7 Å². The van der Waals surface area contributed by atoms with Crippen LogP contribution in [0.3, 0.4) is 0 Å². The molecule has 0 unspecified atom stereocenters. The number of nitrogens with zero attached hydrogens (tertiary/aromatic N) is 1. The topological polar surface area (TPSA) is 3.24 Å². The van der Waals surface area contributed by atoms with Gasteiger partial charge in [0, 0.05) is 22.5 Å². The maximum atomic E-state index is 2.47. The molecule has 9 aromatic rings. The summed E-state index contributed by atoms with van der Waals surface area (Å²) in [6.45, 7) is 4.75. The lowest BCUT2D eigenvalue weighted by atomic mass is 9.48. The van der Waals surface area contributed by atoms with E-state index in [1.165, 1.54) is 121 Å². The predicted octanol–water partition coefficient (Wildman–Crippen LogP) is 16.7. The summed E-state index contributed by atoms with van der Waals surface area (Å²) >= 11 is 0. The summed E-state index contributed by atoms with van der Waals surface area (Å²) in [5, 5.41) is 7.73. The van der Waals surface area contributed by atoms with Crippen LogP contribution in [0.2, 0.25) is 0 Å². The first-order valence-corrected chi connectivity index (χ1v) is 23.1. The molecule has 9 aromatic carbocycles. The summed E-state index contributed by atoms with van der Waals surface area (Å²) in [7, 11) is 0. The van der Waals surface area contributed by atoms with E-state index in [4.69, 9.17) is 0 Å². The van der Waals surface area contributed by atoms with Crippen molar-refractivity contribution in [3.63, 3.8) is 0 Å². The molecule has 1 heteroatoms. The molecule has 4 fully saturated rings. The fourth-order valence-corrected chi connectivity index (χ4v) is 13.5. The molecule has 300 valence electrons. The van der Waals surface area contributed by atoms with E-state index in [2.05, 4.69) is 201 Å². The van der Waals surface area contributed by atoms with Crippen molar-refractivity contribution >= 4 is 49.4 Å². The van der Waals surface area contributed by atoms with Crippen molar-refractivity contribution in [2.75, 3.05) is 4.90 Å². The number of rotatable bonds is 6. The predicted molar refractivity (Wildman–Crippen MR) is 262 cm³/mol. The van der Waals surface area contributed by atoms with Crippen molar-refractivity contribution in [3.05, 3.63) is 199 Å². The Hall–Kier alpha value is -6.44. The Morgan fingerprint density at radius 1 is 0.371 bits per heavy atom. The summed E-state index contributed by atoms with van der Waals surface area (Å²) in [5.41, 5.74) is 15.9. The molecule has 0 heterocycles. The van der Waals surface area contributed by atoms with Gasteiger partial charge in [-0.15, -0.1) is 0 Å². The third-order valence-electron chi connectivity index (χ3n) is 16.0. The third-order valence-corrected chi connectivity index (χ3v) is 16.0. The van der Waals surface area contributed by atoms with Gasteiger partial charge < -0.3 is 4.90 Å². The summed E-state index contributed by atoms with van der Waals surface area (Å²) in [6.07, 6.45) is 8.73. The van der Waals surface area contributed by atoms with E-state index in [0.29, 0.717) is 5.41 Å². The zero-order valence-corrected chi connectivity index (χ0v) is 35.7. The molecule has 0 radical (unpaired) electrons. The molecule has 0 saturated heterocycles. The van der Waals surface area contributed by atoms with Gasteiger partial charge in [-0.25, -0.2) is 0 Å². The molecule has 4 saturated carbocycles. The van der Waals surface area contributed by atoms with Crippen LogP contribution in [0, 0.1) is 17.8 Å². The average Bonchev–Trinajstić information content (AvgIpc) is 3.54. The minimum Gasteiger partial charge on any atom is -0.310 e. The van der Waals surface area contributed by atoms with Crippen LogP contribution in [0.4, 0.5) is 17.1 Å². The summed E-state index contributed by atoms with van der Waals surface area (Å²) in [5.74, 6) is 2.91. The first-order chi connectivity index (χ1) is 30.4. The zero-order valence-electron chi connectivity index (χ0n) is 35.7. The molecule has 0 spiro atoms. The van der Waals surface area contributed by atoms with Gasteiger partial charge >= 0.3 is 0 Å². The molecule has 5 aliphatic carbocycles. The van der Waals surface area contributed by atoms with Crippen LogP contribution in [-0.4, -0.2) is 0 Å². The summed E-state index contributed by atoms with van der Waals surface area (Å²) in [6, 6.07) is 69.0. The Morgan fingerprint density at radius 3 is 1.37 bits per heavy atom. The molecule has 0 atom stereocenters. The van der Waals surface area contributed by atoms with Gasteiger partial charge in [-0.05, 0) is 180 Å². The van der Waals surface area contributed by atoms with E-state index < -0.39 is 0 Å². The van der Waals surface area contributed by atoms with Gasteiger partial charge in [-0.3, -0.25) is 0 Å². The second-order valence-corrected chi connectivity index (χ2v) is 20.0. The van der Waals surface area contributed by atoms with Crippen molar-refractivity contribution in [1.82, 2.24) is 0 Å². The quantitative estimate of drug-likeness (QED) is 0.152. The fourth-order valence-electron chi connectivity index (χ4n) is 13.5. The number of fused-ring (bicyclic) bond motifs is 9. The lowest BCUT2D eigenvalue weighted by Crippen LogP contribution is -2.48. The highest BCUT2D eigenvalue weighted by Crippen LogP contribution is 2.61. The second-order valence-electron chi connectivity index (χ2n) is 20.0. The first kappa shape index (κ1) is 36.2. The van der Waals surface area contributed by atoms with Crippen LogP contribution in [0.1, 0.15) is 69.1 Å². The van der Waals surface area contributed by atoms with Gasteiger partial charge in [0.25, 0.3) is 0 Å². The lowest BCUT2D eigenvalue weighted by molar-refractivity contribution is -0.00518. The van der Waals surface area contributed by atoms with Crippen molar-refractivity contribution in [1.29, 1.82) is 0 Å². The molecular formula is C61H51N. The lowest BCUT2D eigenvalue weighted by Gasteiger charge is -2.57. The standard InChI is InChI=1S/C61H51N/c1-60(2)58-14-8-7-13-55(58)56-30-28-49(35-59(56)60)62(48-27-29-54-52-11-4-3-9-50(52)51-10-5-6-12-53(51)57(54)34-48)47-25-21-45(22-26-47)43-17-15-42(16-18-43)44-19-23-46(24-20-44)61-36-39-31-40(37-61)33-41(32-39)38-61/h3-30,34-35,39-41H,31-33,36-38H2,1-2H3. The Bertz CT molecular complexity index is 3150. The van der Waals surface area contributed by atoms with Gasteiger partial charge in [0.1, 0.15) is 0 Å². The maximum absolute atomic E-state index is 2.47. The zero-order chi connectivity index (χ0) is 41.2. The van der Waals surface area contributed by atoms with Gasteiger partial charge in [0.05, 0.1) is 0 Å². The van der Waals surface area contributed by atoms with Crippen LogP contribution < -0.4 is 4.90 Å². The minimum absolute atomic E-state index is 0.0986.